The standard InChI is InChI=1S/C9H6N4/c1-2-6-7(10-3-1)4-8-9(12-6)5-11-13-8/h1-5H,(H,11,13). The first-order chi connectivity index (χ1) is 6.43. The lowest BCUT2D eigenvalue weighted by atomic mass is 10.3. The maximum atomic E-state index is 4.38. The molecule has 0 aliphatic carbocycles. The highest BCUT2D eigenvalue weighted by Gasteiger charge is 1.99. The summed E-state index contributed by atoms with van der Waals surface area (Å²) in [4.78, 5) is 8.58. The van der Waals surface area contributed by atoms with E-state index in [-0.39, 0.29) is 0 Å². The molecule has 0 bridgehead atoms. The van der Waals surface area contributed by atoms with Crippen molar-refractivity contribution >= 4 is 22.1 Å². The summed E-state index contributed by atoms with van der Waals surface area (Å²) in [5.74, 6) is 0. The Hall–Kier alpha value is -1.97. The summed E-state index contributed by atoms with van der Waals surface area (Å²) >= 11 is 0. The van der Waals surface area contributed by atoms with Crippen LogP contribution >= 0.6 is 0 Å². The molecule has 0 radical (unpaired) electrons. The van der Waals surface area contributed by atoms with E-state index in [0.29, 0.717) is 0 Å². The quantitative estimate of drug-likeness (QED) is 0.556. The summed E-state index contributed by atoms with van der Waals surface area (Å²) in [6.07, 6.45) is 3.47. The lowest BCUT2D eigenvalue weighted by Gasteiger charge is -1.94. The number of hydrogen-bond donors (Lipinski definition) is 1. The monoisotopic (exact) mass is 170 g/mol. The van der Waals surface area contributed by atoms with E-state index in [4.69, 9.17) is 0 Å². The fourth-order valence-electron chi connectivity index (χ4n) is 1.37. The van der Waals surface area contributed by atoms with Crippen molar-refractivity contribution in [2.45, 2.75) is 0 Å². The van der Waals surface area contributed by atoms with Crippen LogP contribution in [-0.2, 0) is 0 Å². The van der Waals surface area contributed by atoms with Crippen molar-refractivity contribution < 1.29 is 0 Å². The number of aromatic nitrogens is 4. The molecule has 0 saturated carbocycles. The Kier molecular flexibility index (Phi) is 1.14. The van der Waals surface area contributed by atoms with E-state index in [1.165, 1.54) is 0 Å². The number of aromatic amines is 1. The first kappa shape index (κ1) is 6.54. The molecule has 0 saturated heterocycles. The molecule has 0 amide bonds. The Bertz CT molecular complexity index is 520. The molecule has 3 rings (SSSR count). The molecule has 4 nitrogen and oxygen atoms in total. The number of hydrogen-bond acceptors (Lipinski definition) is 3. The Balaban J connectivity index is 2.57. The molecule has 1 N–H and O–H groups in total. The SMILES string of the molecule is c1cnc2cc3[nH]ncc3nc2c1. The van der Waals surface area contributed by atoms with Gasteiger partial charge in [0.05, 0.1) is 22.7 Å². The molecular weight excluding hydrogens is 164 g/mol. The Morgan fingerprint density at radius 1 is 1.15 bits per heavy atom. The summed E-state index contributed by atoms with van der Waals surface area (Å²) < 4.78 is 0. The zero-order valence-corrected chi connectivity index (χ0v) is 6.73. The highest BCUT2D eigenvalue weighted by atomic mass is 15.1. The molecule has 0 fully saturated rings. The number of nitrogens with one attached hydrogen (secondary N) is 1. The predicted octanol–water partition coefficient (Wildman–Crippen LogP) is 1.51. The molecule has 0 spiro atoms. The molecule has 0 aliphatic rings. The molecule has 0 unspecified atom stereocenters. The van der Waals surface area contributed by atoms with Gasteiger partial charge < -0.3 is 0 Å². The average molecular weight is 170 g/mol. The van der Waals surface area contributed by atoms with Gasteiger partial charge in [-0.3, -0.25) is 10.1 Å². The molecular formula is C9H6N4. The van der Waals surface area contributed by atoms with E-state index in [2.05, 4.69) is 20.2 Å². The van der Waals surface area contributed by atoms with Crippen LogP contribution in [-0.4, -0.2) is 20.2 Å². The summed E-state index contributed by atoms with van der Waals surface area (Å²) in [6, 6.07) is 5.76. The van der Waals surface area contributed by atoms with Gasteiger partial charge in [0.15, 0.2) is 0 Å². The van der Waals surface area contributed by atoms with Crippen LogP contribution in [0.25, 0.3) is 22.1 Å². The van der Waals surface area contributed by atoms with Gasteiger partial charge in [0.2, 0.25) is 0 Å². The fraction of sp³-hybridized carbons (Fsp3) is 0. The predicted molar refractivity (Wildman–Crippen MR) is 49.2 cm³/mol. The third kappa shape index (κ3) is 0.885. The van der Waals surface area contributed by atoms with Gasteiger partial charge in [0.25, 0.3) is 0 Å². The van der Waals surface area contributed by atoms with Gasteiger partial charge in [-0.1, -0.05) is 0 Å². The molecule has 0 atom stereocenters. The Labute approximate surface area is 73.6 Å². The highest BCUT2D eigenvalue weighted by Crippen LogP contribution is 2.14. The number of nitrogens with zero attached hydrogens (tertiary/aromatic N) is 3. The second-order valence-corrected chi connectivity index (χ2v) is 2.83. The van der Waals surface area contributed by atoms with Crippen LogP contribution in [0.1, 0.15) is 0 Å². The Morgan fingerprint density at radius 3 is 3.15 bits per heavy atom. The van der Waals surface area contributed by atoms with Crippen molar-refractivity contribution in [2.75, 3.05) is 0 Å². The van der Waals surface area contributed by atoms with Crippen LogP contribution < -0.4 is 0 Å². The first-order valence-electron chi connectivity index (χ1n) is 3.98. The minimum atomic E-state index is 0.875. The number of rotatable bonds is 0. The second-order valence-electron chi connectivity index (χ2n) is 2.83. The number of H-pyrrole nitrogens is 1. The van der Waals surface area contributed by atoms with Gasteiger partial charge >= 0.3 is 0 Å². The minimum Gasteiger partial charge on any atom is -0.276 e. The molecule has 3 aromatic rings. The van der Waals surface area contributed by atoms with Gasteiger partial charge in [0, 0.05) is 6.20 Å². The van der Waals surface area contributed by atoms with E-state index in [1.807, 2.05) is 18.2 Å². The zero-order chi connectivity index (χ0) is 8.67. The van der Waals surface area contributed by atoms with Crippen LogP contribution in [0, 0.1) is 0 Å². The first-order valence-corrected chi connectivity index (χ1v) is 3.98. The van der Waals surface area contributed by atoms with Crippen LogP contribution in [0.2, 0.25) is 0 Å². The normalized spacial score (nSPS) is 11.1. The van der Waals surface area contributed by atoms with Crippen molar-refractivity contribution in [3.8, 4) is 0 Å². The van der Waals surface area contributed by atoms with Crippen molar-refractivity contribution in [3.63, 3.8) is 0 Å². The van der Waals surface area contributed by atoms with Gasteiger partial charge in [-0.2, -0.15) is 5.10 Å². The van der Waals surface area contributed by atoms with Crippen molar-refractivity contribution in [2.24, 2.45) is 0 Å². The average Bonchev–Trinajstić information content (AvgIpc) is 2.61. The van der Waals surface area contributed by atoms with Crippen molar-refractivity contribution in [1.82, 2.24) is 20.2 Å². The summed E-state index contributed by atoms with van der Waals surface area (Å²) in [5, 5.41) is 6.77. The van der Waals surface area contributed by atoms with Crippen LogP contribution in [0.3, 0.4) is 0 Å². The number of fused-ring (bicyclic) bond motifs is 2. The fourth-order valence-corrected chi connectivity index (χ4v) is 1.37. The van der Waals surface area contributed by atoms with Crippen molar-refractivity contribution in [1.29, 1.82) is 0 Å². The molecule has 62 valence electrons. The van der Waals surface area contributed by atoms with Crippen LogP contribution in [0.4, 0.5) is 0 Å². The molecule has 4 heteroatoms. The van der Waals surface area contributed by atoms with E-state index >= 15 is 0 Å². The molecule has 0 aliphatic heterocycles. The van der Waals surface area contributed by atoms with Crippen LogP contribution in [0.15, 0.2) is 30.6 Å². The van der Waals surface area contributed by atoms with E-state index in [9.17, 15) is 0 Å². The third-order valence-corrected chi connectivity index (χ3v) is 1.99. The van der Waals surface area contributed by atoms with E-state index in [1.54, 1.807) is 12.4 Å². The lowest BCUT2D eigenvalue weighted by Crippen LogP contribution is -1.81. The zero-order valence-electron chi connectivity index (χ0n) is 6.73. The second kappa shape index (κ2) is 2.26. The minimum absolute atomic E-state index is 0.875. The molecule has 3 aromatic heterocycles. The largest absolute Gasteiger partial charge is 0.276 e. The van der Waals surface area contributed by atoms with Crippen LogP contribution in [0.5, 0.6) is 0 Å². The van der Waals surface area contributed by atoms with E-state index in [0.717, 1.165) is 22.1 Å². The van der Waals surface area contributed by atoms with E-state index < -0.39 is 0 Å². The topological polar surface area (TPSA) is 54.5 Å². The number of pyridine rings is 2. The van der Waals surface area contributed by atoms with Gasteiger partial charge in [0.1, 0.15) is 5.52 Å². The van der Waals surface area contributed by atoms with Gasteiger partial charge in [-0.15, -0.1) is 0 Å². The summed E-state index contributed by atoms with van der Waals surface area (Å²) in [7, 11) is 0. The summed E-state index contributed by atoms with van der Waals surface area (Å²) in [6.45, 7) is 0. The Morgan fingerprint density at radius 2 is 2.15 bits per heavy atom. The van der Waals surface area contributed by atoms with Gasteiger partial charge in [-0.25, -0.2) is 4.98 Å². The third-order valence-electron chi connectivity index (χ3n) is 1.99. The summed E-state index contributed by atoms with van der Waals surface area (Å²) in [5.41, 5.74) is 3.59. The molecule has 13 heavy (non-hydrogen) atoms. The van der Waals surface area contributed by atoms with Crippen molar-refractivity contribution in [3.05, 3.63) is 30.6 Å². The maximum absolute atomic E-state index is 4.38. The lowest BCUT2D eigenvalue weighted by molar-refractivity contribution is 1.12. The smallest absolute Gasteiger partial charge is 0.109 e. The molecule has 0 aromatic carbocycles. The van der Waals surface area contributed by atoms with Gasteiger partial charge in [-0.05, 0) is 18.2 Å². The molecule has 3 heterocycles. The maximum Gasteiger partial charge on any atom is 0.109 e. The highest BCUT2D eigenvalue weighted by molar-refractivity contribution is 5.87.